The first-order valence-electron chi connectivity index (χ1n) is 4.69. The van der Waals surface area contributed by atoms with Crippen LogP contribution in [-0.2, 0) is 11.2 Å². The van der Waals surface area contributed by atoms with Crippen LogP contribution in [-0.4, -0.2) is 5.91 Å². The van der Waals surface area contributed by atoms with E-state index in [-0.39, 0.29) is 5.91 Å². The minimum Gasteiger partial charge on any atom is -0.326 e. The summed E-state index contributed by atoms with van der Waals surface area (Å²) in [4.78, 5) is 11.2. The molecular weight excluding hydrogens is 174 g/mol. The molecule has 1 N–H and O–H groups in total. The maximum atomic E-state index is 11.2. The first kappa shape index (κ1) is 8.83. The molecule has 70 valence electrons. The Hall–Kier alpha value is -1.75. The van der Waals surface area contributed by atoms with Gasteiger partial charge in [-0.3, -0.25) is 4.79 Å². The number of anilines is 1. The Morgan fingerprint density at radius 2 is 2.21 bits per heavy atom. The van der Waals surface area contributed by atoms with Crippen LogP contribution < -0.4 is 5.32 Å². The Bertz CT molecular complexity index is 415. The van der Waals surface area contributed by atoms with Gasteiger partial charge in [-0.05, 0) is 36.6 Å². The lowest BCUT2D eigenvalue weighted by Crippen LogP contribution is -2.09. The highest BCUT2D eigenvalue weighted by molar-refractivity contribution is 5.92. The molecule has 1 amide bonds. The van der Waals surface area contributed by atoms with Crippen LogP contribution in [0.25, 0.3) is 0 Å². The number of hydrogen-bond donors (Lipinski definition) is 1. The minimum atomic E-state index is 0.0946. The number of hydrogen-bond acceptors (Lipinski definition) is 1. The zero-order valence-electron chi connectivity index (χ0n) is 7.84. The average molecular weight is 185 g/mol. The van der Waals surface area contributed by atoms with Crippen molar-refractivity contribution < 1.29 is 4.79 Å². The Balaban J connectivity index is 2.41. The van der Waals surface area contributed by atoms with Gasteiger partial charge in [0.1, 0.15) is 0 Å². The normalized spacial score (nSPS) is 14.9. The summed E-state index contributed by atoms with van der Waals surface area (Å²) in [5, 5.41) is 2.87. The fraction of sp³-hybridized carbons (Fsp3) is 0.250. The minimum absolute atomic E-state index is 0.0946. The van der Waals surface area contributed by atoms with Crippen LogP contribution in [0.3, 0.4) is 0 Å². The molecule has 0 fully saturated rings. The van der Waals surface area contributed by atoms with Gasteiger partial charge in [0.15, 0.2) is 0 Å². The number of nitrogens with one attached hydrogen (secondary N) is 1. The molecule has 1 aromatic carbocycles. The zero-order chi connectivity index (χ0) is 9.97. The molecule has 0 saturated carbocycles. The Morgan fingerprint density at radius 1 is 1.36 bits per heavy atom. The molecule has 1 heterocycles. The first-order chi connectivity index (χ1) is 6.79. The molecule has 2 heteroatoms. The van der Waals surface area contributed by atoms with E-state index in [1.807, 2.05) is 18.2 Å². The fourth-order valence-electron chi connectivity index (χ4n) is 1.66. The van der Waals surface area contributed by atoms with Crippen molar-refractivity contribution >= 4 is 11.6 Å². The van der Waals surface area contributed by atoms with E-state index >= 15 is 0 Å². The summed E-state index contributed by atoms with van der Waals surface area (Å²) in [6, 6.07) is 5.71. The van der Waals surface area contributed by atoms with Gasteiger partial charge in [-0.25, -0.2) is 0 Å². The van der Waals surface area contributed by atoms with Gasteiger partial charge in [-0.2, -0.15) is 0 Å². The second-order valence-electron chi connectivity index (χ2n) is 3.42. The molecule has 0 atom stereocenters. The summed E-state index contributed by atoms with van der Waals surface area (Å²) in [7, 11) is 0. The number of rotatable bonds is 0. The highest BCUT2D eigenvalue weighted by Gasteiger charge is 2.12. The number of carbonyl (C=O) groups excluding carboxylic acids is 1. The number of carbonyl (C=O) groups is 1. The Labute approximate surface area is 83.3 Å². The molecule has 0 saturated heterocycles. The molecule has 1 aliphatic heterocycles. The quantitative estimate of drug-likeness (QED) is 0.615. The van der Waals surface area contributed by atoms with Crippen molar-refractivity contribution in [3.63, 3.8) is 0 Å². The van der Waals surface area contributed by atoms with E-state index in [0.29, 0.717) is 6.42 Å². The molecule has 0 unspecified atom stereocenters. The SMILES string of the molecule is C#Cc1ccc2c(c1)CCCC(=O)N2. The number of aryl methyl sites for hydroxylation is 1. The first-order valence-corrected chi connectivity index (χ1v) is 4.69. The van der Waals surface area contributed by atoms with E-state index < -0.39 is 0 Å². The smallest absolute Gasteiger partial charge is 0.224 e. The lowest BCUT2D eigenvalue weighted by molar-refractivity contribution is -0.116. The molecule has 0 bridgehead atoms. The largest absolute Gasteiger partial charge is 0.326 e. The van der Waals surface area contributed by atoms with Gasteiger partial charge in [0, 0.05) is 17.7 Å². The van der Waals surface area contributed by atoms with Crippen LogP contribution in [0.15, 0.2) is 18.2 Å². The lowest BCUT2D eigenvalue weighted by Gasteiger charge is -2.06. The highest BCUT2D eigenvalue weighted by Crippen LogP contribution is 2.22. The third kappa shape index (κ3) is 1.62. The van der Waals surface area contributed by atoms with Gasteiger partial charge in [0.05, 0.1) is 0 Å². The van der Waals surface area contributed by atoms with Crippen LogP contribution in [0, 0.1) is 12.3 Å². The van der Waals surface area contributed by atoms with E-state index in [4.69, 9.17) is 6.42 Å². The number of terminal acetylenes is 1. The van der Waals surface area contributed by atoms with Crippen LogP contribution in [0.1, 0.15) is 24.0 Å². The molecule has 2 rings (SSSR count). The third-order valence-corrected chi connectivity index (χ3v) is 2.40. The van der Waals surface area contributed by atoms with Crippen LogP contribution >= 0.6 is 0 Å². The van der Waals surface area contributed by atoms with Crippen molar-refractivity contribution in [1.82, 2.24) is 0 Å². The van der Waals surface area contributed by atoms with Gasteiger partial charge in [0.2, 0.25) is 5.91 Å². The van der Waals surface area contributed by atoms with Crippen molar-refractivity contribution in [3.8, 4) is 12.3 Å². The highest BCUT2D eigenvalue weighted by atomic mass is 16.1. The van der Waals surface area contributed by atoms with Crippen molar-refractivity contribution in [2.24, 2.45) is 0 Å². The summed E-state index contributed by atoms with van der Waals surface area (Å²) < 4.78 is 0. The number of fused-ring (bicyclic) bond motifs is 1. The van der Waals surface area contributed by atoms with Gasteiger partial charge in [0.25, 0.3) is 0 Å². The molecule has 0 aromatic heterocycles. The van der Waals surface area contributed by atoms with Gasteiger partial charge >= 0.3 is 0 Å². The molecule has 1 aliphatic rings. The molecule has 0 aliphatic carbocycles. The average Bonchev–Trinajstić information content (AvgIpc) is 2.37. The standard InChI is InChI=1S/C12H11NO/c1-2-9-6-7-11-10(8-9)4-3-5-12(14)13-11/h1,6-8H,3-5H2,(H,13,14). The van der Waals surface area contributed by atoms with Crippen molar-refractivity contribution in [2.75, 3.05) is 5.32 Å². The van der Waals surface area contributed by atoms with Crippen molar-refractivity contribution in [1.29, 1.82) is 0 Å². The van der Waals surface area contributed by atoms with E-state index in [1.165, 1.54) is 0 Å². The van der Waals surface area contributed by atoms with Gasteiger partial charge in [-0.1, -0.05) is 5.92 Å². The number of amides is 1. The van der Waals surface area contributed by atoms with E-state index in [9.17, 15) is 4.79 Å². The van der Waals surface area contributed by atoms with Crippen molar-refractivity contribution in [3.05, 3.63) is 29.3 Å². The van der Waals surface area contributed by atoms with Crippen molar-refractivity contribution in [2.45, 2.75) is 19.3 Å². The molecular formula is C12H11NO. The topological polar surface area (TPSA) is 29.1 Å². The third-order valence-electron chi connectivity index (χ3n) is 2.40. The monoisotopic (exact) mass is 185 g/mol. The zero-order valence-corrected chi connectivity index (χ0v) is 7.84. The molecule has 0 spiro atoms. The summed E-state index contributed by atoms with van der Waals surface area (Å²) in [6.07, 6.45) is 7.73. The summed E-state index contributed by atoms with van der Waals surface area (Å²) in [5.74, 6) is 2.69. The summed E-state index contributed by atoms with van der Waals surface area (Å²) in [6.45, 7) is 0. The fourth-order valence-corrected chi connectivity index (χ4v) is 1.66. The molecule has 0 radical (unpaired) electrons. The van der Waals surface area contributed by atoms with Crippen LogP contribution in [0.2, 0.25) is 0 Å². The van der Waals surface area contributed by atoms with Gasteiger partial charge in [-0.15, -0.1) is 6.42 Å². The Kier molecular flexibility index (Phi) is 2.24. The predicted molar refractivity (Wildman–Crippen MR) is 55.9 cm³/mol. The van der Waals surface area contributed by atoms with Gasteiger partial charge < -0.3 is 5.32 Å². The predicted octanol–water partition coefficient (Wildman–Crippen LogP) is 1.94. The second-order valence-corrected chi connectivity index (χ2v) is 3.42. The van der Waals surface area contributed by atoms with E-state index in [1.54, 1.807) is 0 Å². The summed E-state index contributed by atoms with van der Waals surface area (Å²) in [5.41, 5.74) is 2.93. The van der Waals surface area contributed by atoms with E-state index in [2.05, 4.69) is 11.2 Å². The summed E-state index contributed by atoms with van der Waals surface area (Å²) >= 11 is 0. The van der Waals surface area contributed by atoms with Crippen LogP contribution in [0.4, 0.5) is 5.69 Å². The van der Waals surface area contributed by atoms with E-state index in [0.717, 1.165) is 29.7 Å². The maximum absolute atomic E-state index is 11.2. The van der Waals surface area contributed by atoms with Crippen LogP contribution in [0.5, 0.6) is 0 Å². The second kappa shape index (κ2) is 3.55. The lowest BCUT2D eigenvalue weighted by atomic mass is 10.0. The molecule has 2 nitrogen and oxygen atoms in total. The maximum Gasteiger partial charge on any atom is 0.224 e. The Morgan fingerprint density at radius 3 is 3.00 bits per heavy atom. The molecule has 14 heavy (non-hydrogen) atoms. The number of benzene rings is 1. The molecule has 1 aromatic rings.